The van der Waals surface area contributed by atoms with E-state index in [4.69, 9.17) is 25.8 Å². The number of carbonyl (C=O) groups is 1. The zero-order chi connectivity index (χ0) is 19.2. The average molecular weight is 401 g/mol. The van der Waals surface area contributed by atoms with E-state index in [-0.39, 0.29) is 11.3 Å². The van der Waals surface area contributed by atoms with E-state index < -0.39 is 17.0 Å². The highest BCUT2D eigenvalue weighted by atomic mass is 35.5. The van der Waals surface area contributed by atoms with Crippen molar-refractivity contribution in [1.29, 1.82) is 0 Å². The van der Waals surface area contributed by atoms with E-state index in [0.717, 1.165) is 5.03 Å². The Morgan fingerprint density at radius 3 is 2.69 bits per heavy atom. The van der Waals surface area contributed by atoms with Crippen LogP contribution in [0.3, 0.4) is 0 Å². The lowest BCUT2D eigenvalue weighted by Gasteiger charge is -2.29. The largest absolute Gasteiger partial charge is 0.444 e. The fraction of sp³-hybridized carbons (Fsp3) is 0.667. The van der Waals surface area contributed by atoms with Crippen LogP contribution < -0.4 is 0 Å². The second kappa shape index (κ2) is 6.86. The first kappa shape index (κ1) is 19.7. The van der Waals surface area contributed by atoms with Crippen molar-refractivity contribution in [2.75, 3.05) is 19.7 Å². The summed E-state index contributed by atoms with van der Waals surface area (Å²) in [6, 6.07) is 3.68. The Morgan fingerprint density at radius 2 is 2.15 bits per heavy atom. The summed E-state index contributed by atoms with van der Waals surface area (Å²) < 4.78 is 17.6. The second-order valence-electron chi connectivity index (χ2n) is 8.14. The molecule has 1 aromatic rings. The number of halogens is 1. The zero-order valence-corrected chi connectivity index (χ0v) is 17.3. The van der Waals surface area contributed by atoms with E-state index in [9.17, 15) is 4.79 Å². The molecule has 2 aliphatic heterocycles. The number of hydrogen-bond acceptors (Lipinski definition) is 6. The summed E-state index contributed by atoms with van der Waals surface area (Å²) in [7, 11) is 0. The first-order valence-electron chi connectivity index (χ1n) is 8.58. The maximum atomic E-state index is 12.6. The van der Waals surface area contributed by atoms with Gasteiger partial charge in [0.25, 0.3) is 0 Å². The molecular formula is C18H25ClN2O4S. The van der Waals surface area contributed by atoms with Gasteiger partial charge in [-0.05, 0) is 46.8 Å². The number of hydrogen-bond donors (Lipinski definition) is 0. The van der Waals surface area contributed by atoms with E-state index in [2.05, 4.69) is 4.98 Å². The summed E-state index contributed by atoms with van der Waals surface area (Å²) in [5.74, 6) is -0.684. The molecule has 1 spiro atoms. The third-order valence-corrected chi connectivity index (χ3v) is 5.73. The Balaban J connectivity index is 1.80. The molecule has 0 aliphatic carbocycles. The summed E-state index contributed by atoms with van der Waals surface area (Å²) in [5, 5.41) is 1.40. The van der Waals surface area contributed by atoms with Crippen LogP contribution in [0.15, 0.2) is 23.4 Å². The standard InChI is InChI=1S/C18H25ClN2O4S/c1-16(2,3)24-15(22)21-9-13(26-14-7-6-12(19)8-20-14)18(10-21)11-23-17(4,5)25-18/h6-8,13H,9-11H2,1-5H3/t13-,18+/m0/s1. The molecule has 3 rings (SSSR count). The minimum Gasteiger partial charge on any atom is -0.444 e. The predicted molar refractivity (Wildman–Crippen MR) is 101 cm³/mol. The van der Waals surface area contributed by atoms with E-state index in [0.29, 0.717) is 24.7 Å². The Labute approximate surface area is 163 Å². The first-order chi connectivity index (χ1) is 12.0. The van der Waals surface area contributed by atoms with Crippen LogP contribution in [0.25, 0.3) is 0 Å². The third kappa shape index (κ3) is 4.44. The van der Waals surface area contributed by atoms with Gasteiger partial charge in [-0.25, -0.2) is 9.78 Å². The summed E-state index contributed by atoms with van der Waals surface area (Å²) in [5.41, 5.74) is -1.13. The Morgan fingerprint density at radius 1 is 1.42 bits per heavy atom. The van der Waals surface area contributed by atoms with Gasteiger partial charge in [0.15, 0.2) is 5.79 Å². The van der Waals surface area contributed by atoms with Gasteiger partial charge in [-0.2, -0.15) is 0 Å². The van der Waals surface area contributed by atoms with Gasteiger partial charge in [0, 0.05) is 12.7 Å². The molecule has 0 unspecified atom stereocenters. The first-order valence-corrected chi connectivity index (χ1v) is 9.84. The molecule has 8 heteroatoms. The minimum absolute atomic E-state index is 0.0227. The smallest absolute Gasteiger partial charge is 0.410 e. The van der Waals surface area contributed by atoms with Crippen LogP contribution in [-0.4, -0.2) is 57.9 Å². The maximum Gasteiger partial charge on any atom is 0.410 e. The molecule has 2 atom stereocenters. The molecule has 0 saturated carbocycles. The predicted octanol–water partition coefficient (Wildman–Crippen LogP) is 3.97. The van der Waals surface area contributed by atoms with E-state index in [1.807, 2.05) is 40.7 Å². The number of aromatic nitrogens is 1. The highest BCUT2D eigenvalue weighted by molar-refractivity contribution is 8.00. The minimum atomic E-state index is -0.684. The van der Waals surface area contributed by atoms with Crippen LogP contribution in [-0.2, 0) is 14.2 Å². The number of nitrogens with zero attached hydrogens (tertiary/aromatic N) is 2. The Bertz CT molecular complexity index is 677. The van der Waals surface area contributed by atoms with Crippen LogP contribution >= 0.6 is 23.4 Å². The van der Waals surface area contributed by atoms with E-state index in [1.54, 1.807) is 28.9 Å². The quantitative estimate of drug-likeness (QED) is 0.748. The van der Waals surface area contributed by atoms with Gasteiger partial charge in [-0.3, -0.25) is 0 Å². The van der Waals surface area contributed by atoms with E-state index >= 15 is 0 Å². The van der Waals surface area contributed by atoms with Gasteiger partial charge >= 0.3 is 6.09 Å². The number of rotatable bonds is 2. The monoisotopic (exact) mass is 400 g/mol. The van der Waals surface area contributed by atoms with E-state index in [1.165, 1.54) is 0 Å². The molecule has 2 aliphatic rings. The average Bonchev–Trinajstić information content (AvgIpc) is 3.00. The number of ether oxygens (including phenoxy) is 3. The molecule has 1 amide bonds. The van der Waals surface area contributed by atoms with Crippen LogP contribution in [0, 0.1) is 0 Å². The lowest BCUT2D eigenvalue weighted by Crippen LogP contribution is -2.45. The Hall–Kier alpha value is -1.02. The third-order valence-electron chi connectivity index (χ3n) is 4.16. The van der Waals surface area contributed by atoms with Crippen molar-refractivity contribution in [2.45, 2.75) is 61.9 Å². The molecule has 26 heavy (non-hydrogen) atoms. The van der Waals surface area contributed by atoms with Crippen LogP contribution in [0.1, 0.15) is 34.6 Å². The number of amides is 1. The van der Waals surface area contributed by atoms with Crippen LogP contribution in [0.2, 0.25) is 5.02 Å². The lowest BCUT2D eigenvalue weighted by molar-refractivity contribution is -0.157. The molecule has 2 saturated heterocycles. The van der Waals surface area contributed by atoms with Crippen molar-refractivity contribution in [1.82, 2.24) is 9.88 Å². The lowest BCUT2D eigenvalue weighted by atomic mass is 10.0. The highest BCUT2D eigenvalue weighted by Crippen LogP contribution is 2.44. The fourth-order valence-electron chi connectivity index (χ4n) is 3.12. The SMILES string of the molecule is CC(C)(C)OC(=O)N1C[C@H](Sc2ccc(Cl)cn2)[C@]2(COC(C)(C)O2)C1. The van der Waals surface area contributed by atoms with Crippen molar-refractivity contribution >= 4 is 29.5 Å². The summed E-state index contributed by atoms with van der Waals surface area (Å²) in [6.45, 7) is 10.7. The van der Waals surface area contributed by atoms with Crippen LogP contribution in [0.5, 0.6) is 0 Å². The van der Waals surface area contributed by atoms with Gasteiger partial charge in [0.2, 0.25) is 0 Å². The number of pyridine rings is 1. The van der Waals surface area contributed by atoms with Crippen molar-refractivity contribution in [3.05, 3.63) is 23.4 Å². The van der Waals surface area contributed by atoms with Crippen molar-refractivity contribution in [3.8, 4) is 0 Å². The summed E-state index contributed by atoms with van der Waals surface area (Å²) >= 11 is 7.50. The van der Waals surface area contributed by atoms with Crippen molar-refractivity contribution < 1.29 is 19.0 Å². The Kier molecular flexibility index (Phi) is 5.20. The molecule has 0 radical (unpaired) electrons. The van der Waals surface area contributed by atoms with Crippen molar-refractivity contribution in [2.24, 2.45) is 0 Å². The second-order valence-corrected chi connectivity index (χ2v) is 9.80. The number of carbonyl (C=O) groups excluding carboxylic acids is 1. The van der Waals surface area contributed by atoms with Gasteiger partial charge < -0.3 is 19.1 Å². The molecule has 0 bridgehead atoms. The highest BCUT2D eigenvalue weighted by Gasteiger charge is 2.57. The fourth-order valence-corrected chi connectivity index (χ4v) is 4.45. The van der Waals surface area contributed by atoms with Gasteiger partial charge in [-0.1, -0.05) is 23.4 Å². The van der Waals surface area contributed by atoms with Gasteiger partial charge in [-0.15, -0.1) is 0 Å². The van der Waals surface area contributed by atoms with Crippen LogP contribution in [0.4, 0.5) is 4.79 Å². The molecule has 6 nitrogen and oxygen atoms in total. The summed E-state index contributed by atoms with van der Waals surface area (Å²) in [4.78, 5) is 18.6. The molecular weight excluding hydrogens is 376 g/mol. The topological polar surface area (TPSA) is 60.9 Å². The molecule has 0 aromatic carbocycles. The maximum absolute atomic E-state index is 12.6. The van der Waals surface area contributed by atoms with Gasteiger partial charge in [0.05, 0.1) is 28.5 Å². The molecule has 1 aromatic heterocycles. The van der Waals surface area contributed by atoms with Gasteiger partial charge in [0.1, 0.15) is 11.2 Å². The number of likely N-dealkylation sites (tertiary alicyclic amines) is 1. The summed E-state index contributed by atoms with van der Waals surface area (Å²) in [6.07, 6.45) is 1.28. The zero-order valence-electron chi connectivity index (χ0n) is 15.7. The molecule has 0 N–H and O–H groups in total. The molecule has 2 fully saturated rings. The van der Waals surface area contributed by atoms with Crippen molar-refractivity contribution in [3.63, 3.8) is 0 Å². The molecule has 144 valence electrons. The normalized spacial score (nSPS) is 27.9. The number of thioether (sulfide) groups is 1. The molecule has 3 heterocycles.